The monoisotopic (exact) mass is 291 g/mol. The molecule has 0 radical (unpaired) electrons. The van der Waals surface area contributed by atoms with Crippen LogP contribution in [-0.2, 0) is 4.79 Å². The molecule has 1 aromatic carbocycles. The van der Waals surface area contributed by atoms with E-state index in [0.29, 0.717) is 0 Å². The molecule has 0 aliphatic rings. The van der Waals surface area contributed by atoms with Crippen LogP contribution in [0.15, 0.2) is 12.1 Å². The van der Waals surface area contributed by atoms with Crippen LogP contribution in [0.25, 0.3) is 0 Å². The van der Waals surface area contributed by atoms with Gasteiger partial charge in [0.1, 0.15) is 0 Å². The Balaban J connectivity index is 3.37. The summed E-state index contributed by atoms with van der Waals surface area (Å²) in [6, 6.07) is 1.96. The highest BCUT2D eigenvalue weighted by Crippen LogP contribution is 2.27. The van der Waals surface area contributed by atoms with E-state index in [1.807, 2.05) is 5.92 Å². The summed E-state index contributed by atoms with van der Waals surface area (Å²) >= 11 is 5.58. The molecule has 0 fully saturated rings. The maximum Gasteiger partial charge on any atom is 0.471 e. The molecule has 0 aliphatic heterocycles. The van der Waals surface area contributed by atoms with Gasteiger partial charge in [0.15, 0.2) is 0 Å². The fourth-order valence-electron chi connectivity index (χ4n) is 1.21. The van der Waals surface area contributed by atoms with E-state index < -0.39 is 29.3 Å². The number of alkyl halides is 3. The van der Waals surface area contributed by atoms with E-state index in [1.165, 1.54) is 5.32 Å². The summed E-state index contributed by atoms with van der Waals surface area (Å²) in [5, 5.41) is 10.2. The highest BCUT2D eigenvalue weighted by atomic mass is 35.5. The lowest BCUT2D eigenvalue weighted by Crippen LogP contribution is -2.31. The van der Waals surface area contributed by atoms with E-state index >= 15 is 0 Å². The zero-order valence-electron chi connectivity index (χ0n) is 9.01. The van der Waals surface area contributed by atoms with Crippen LogP contribution in [0.5, 0.6) is 0 Å². The standard InChI is InChI=1S/C11H5ClF3NO3/c1-2-5-3-6(12)4-7(9(17)18)8(5)16-10(19)11(13,14)15/h1,3-4H,(H,16,19)(H,17,18). The minimum Gasteiger partial charge on any atom is -0.478 e. The number of anilines is 1. The molecule has 0 atom stereocenters. The number of carbonyl (C=O) groups is 2. The Labute approximate surface area is 110 Å². The Hall–Kier alpha value is -2.20. The molecule has 0 spiro atoms. The molecule has 0 unspecified atom stereocenters. The number of hydrogen-bond acceptors (Lipinski definition) is 2. The highest BCUT2D eigenvalue weighted by Gasteiger charge is 2.39. The molecule has 19 heavy (non-hydrogen) atoms. The number of benzene rings is 1. The minimum atomic E-state index is -5.17. The second-order valence-corrected chi connectivity index (χ2v) is 3.71. The number of hydrogen-bond donors (Lipinski definition) is 2. The van der Waals surface area contributed by atoms with Crippen LogP contribution in [0.1, 0.15) is 15.9 Å². The first-order valence-corrected chi connectivity index (χ1v) is 4.96. The maximum absolute atomic E-state index is 12.1. The van der Waals surface area contributed by atoms with Crippen molar-refractivity contribution in [1.29, 1.82) is 0 Å². The predicted octanol–water partition coefficient (Wildman–Crippen LogP) is 2.52. The predicted molar refractivity (Wildman–Crippen MR) is 61.0 cm³/mol. The van der Waals surface area contributed by atoms with Crippen molar-refractivity contribution in [2.45, 2.75) is 6.18 Å². The van der Waals surface area contributed by atoms with Crippen molar-refractivity contribution in [3.63, 3.8) is 0 Å². The lowest BCUT2D eigenvalue weighted by Gasteiger charge is -2.12. The van der Waals surface area contributed by atoms with Gasteiger partial charge in [0.05, 0.1) is 16.8 Å². The molecule has 1 rings (SSSR count). The third-order valence-electron chi connectivity index (χ3n) is 1.99. The third-order valence-corrected chi connectivity index (χ3v) is 2.20. The maximum atomic E-state index is 12.1. The lowest BCUT2D eigenvalue weighted by atomic mass is 10.1. The van der Waals surface area contributed by atoms with E-state index in [0.717, 1.165) is 12.1 Å². The Kier molecular flexibility index (Phi) is 4.07. The van der Waals surface area contributed by atoms with Crippen molar-refractivity contribution >= 4 is 29.2 Å². The number of rotatable bonds is 2. The van der Waals surface area contributed by atoms with Crippen LogP contribution in [0.3, 0.4) is 0 Å². The summed E-state index contributed by atoms with van der Waals surface area (Å²) in [4.78, 5) is 21.7. The second-order valence-electron chi connectivity index (χ2n) is 3.28. The molecule has 1 amide bonds. The van der Waals surface area contributed by atoms with Gasteiger partial charge in [-0.3, -0.25) is 4.79 Å². The van der Waals surface area contributed by atoms with Crippen molar-refractivity contribution in [3.8, 4) is 12.3 Å². The third kappa shape index (κ3) is 3.39. The Morgan fingerprint density at radius 3 is 2.37 bits per heavy atom. The molecular weight excluding hydrogens is 287 g/mol. The van der Waals surface area contributed by atoms with Crippen LogP contribution in [0.2, 0.25) is 5.02 Å². The van der Waals surface area contributed by atoms with Crippen LogP contribution in [-0.4, -0.2) is 23.2 Å². The fourth-order valence-corrected chi connectivity index (χ4v) is 1.43. The van der Waals surface area contributed by atoms with Crippen molar-refractivity contribution in [3.05, 3.63) is 28.3 Å². The van der Waals surface area contributed by atoms with Crippen molar-refractivity contribution < 1.29 is 27.9 Å². The summed E-state index contributed by atoms with van der Waals surface area (Å²) in [5.74, 6) is -1.94. The molecule has 8 heteroatoms. The summed E-state index contributed by atoms with van der Waals surface area (Å²) in [7, 11) is 0. The second kappa shape index (κ2) is 5.20. The number of aromatic carboxylic acids is 1. The Morgan fingerprint density at radius 1 is 1.37 bits per heavy atom. The van der Waals surface area contributed by atoms with E-state index in [-0.39, 0.29) is 10.6 Å². The quantitative estimate of drug-likeness (QED) is 0.823. The smallest absolute Gasteiger partial charge is 0.471 e. The van der Waals surface area contributed by atoms with Gasteiger partial charge in [-0.05, 0) is 12.1 Å². The van der Waals surface area contributed by atoms with Gasteiger partial charge in [0.25, 0.3) is 0 Å². The minimum absolute atomic E-state index is 0.0737. The average Bonchev–Trinajstić information content (AvgIpc) is 2.28. The van der Waals surface area contributed by atoms with Crippen molar-refractivity contribution in [1.82, 2.24) is 0 Å². The van der Waals surface area contributed by atoms with Gasteiger partial charge in [0.2, 0.25) is 0 Å². The first-order valence-electron chi connectivity index (χ1n) is 4.58. The molecule has 2 N–H and O–H groups in total. The first-order chi connectivity index (χ1) is 8.66. The largest absolute Gasteiger partial charge is 0.478 e. The molecule has 1 aromatic rings. The van der Waals surface area contributed by atoms with Crippen molar-refractivity contribution in [2.75, 3.05) is 5.32 Å². The Morgan fingerprint density at radius 2 is 1.95 bits per heavy atom. The number of carboxylic acids is 1. The first kappa shape index (κ1) is 14.9. The highest BCUT2D eigenvalue weighted by molar-refractivity contribution is 6.31. The zero-order chi connectivity index (χ0) is 14.8. The van der Waals surface area contributed by atoms with Gasteiger partial charge >= 0.3 is 18.1 Å². The average molecular weight is 292 g/mol. The molecule has 4 nitrogen and oxygen atoms in total. The number of nitrogens with one attached hydrogen (secondary N) is 1. The summed E-state index contributed by atoms with van der Waals surface area (Å²) in [6.45, 7) is 0. The van der Waals surface area contributed by atoms with Gasteiger partial charge in [-0.2, -0.15) is 13.2 Å². The lowest BCUT2D eigenvalue weighted by molar-refractivity contribution is -0.167. The van der Waals surface area contributed by atoms with E-state index in [4.69, 9.17) is 23.1 Å². The number of terminal acetylenes is 1. The topological polar surface area (TPSA) is 66.4 Å². The molecular formula is C11H5ClF3NO3. The molecule has 0 bridgehead atoms. The summed E-state index contributed by atoms with van der Waals surface area (Å²) in [6.07, 6.45) is -0.126. The van der Waals surface area contributed by atoms with Crippen LogP contribution >= 0.6 is 11.6 Å². The van der Waals surface area contributed by atoms with Gasteiger partial charge in [-0.25, -0.2) is 4.79 Å². The van der Waals surface area contributed by atoms with Gasteiger partial charge in [-0.15, -0.1) is 6.42 Å². The molecule has 0 heterocycles. The molecule has 0 saturated carbocycles. The number of carbonyl (C=O) groups excluding carboxylic acids is 1. The SMILES string of the molecule is C#Cc1cc(Cl)cc(C(=O)O)c1NC(=O)C(F)(F)F. The van der Waals surface area contributed by atoms with Gasteiger partial charge < -0.3 is 10.4 Å². The number of halogens is 4. The van der Waals surface area contributed by atoms with Gasteiger partial charge in [-0.1, -0.05) is 17.5 Å². The fraction of sp³-hybridized carbons (Fsp3) is 0.0909. The zero-order valence-corrected chi connectivity index (χ0v) is 9.76. The van der Waals surface area contributed by atoms with E-state index in [9.17, 15) is 22.8 Å². The number of amides is 1. The van der Waals surface area contributed by atoms with Crippen LogP contribution in [0, 0.1) is 12.3 Å². The summed E-state index contributed by atoms with van der Waals surface area (Å²) < 4.78 is 36.4. The van der Waals surface area contributed by atoms with E-state index in [2.05, 4.69) is 0 Å². The van der Waals surface area contributed by atoms with Gasteiger partial charge in [0, 0.05) is 5.02 Å². The summed E-state index contributed by atoms with van der Waals surface area (Å²) in [5.41, 5.74) is -1.51. The van der Waals surface area contributed by atoms with Crippen LogP contribution < -0.4 is 5.32 Å². The normalized spacial score (nSPS) is 10.7. The Bertz CT molecular complexity index is 590. The number of carboxylic acid groups (broad SMARTS) is 1. The molecule has 0 aromatic heterocycles. The molecule has 0 aliphatic carbocycles. The van der Waals surface area contributed by atoms with Crippen LogP contribution in [0.4, 0.5) is 18.9 Å². The van der Waals surface area contributed by atoms with Crippen molar-refractivity contribution in [2.24, 2.45) is 0 Å². The molecule has 0 saturated heterocycles. The van der Waals surface area contributed by atoms with E-state index in [1.54, 1.807) is 0 Å². The molecule has 100 valence electrons.